The number of methoxy groups -OCH3 is 1. The van der Waals surface area contributed by atoms with Crippen molar-refractivity contribution >= 4 is 58.0 Å². The van der Waals surface area contributed by atoms with E-state index in [0.717, 1.165) is 32.7 Å². The fourth-order valence-corrected chi connectivity index (χ4v) is 8.84. The molecule has 3 aromatic carbocycles. The van der Waals surface area contributed by atoms with Crippen LogP contribution < -0.4 is 20.1 Å². The topological polar surface area (TPSA) is 200 Å². The highest BCUT2D eigenvalue weighted by atomic mass is 32.2. The van der Waals surface area contributed by atoms with E-state index in [4.69, 9.17) is 19.5 Å². The van der Waals surface area contributed by atoms with Gasteiger partial charge in [-0.1, -0.05) is 51.1 Å². The third kappa shape index (κ3) is 11.9. The van der Waals surface area contributed by atoms with E-state index in [1.54, 1.807) is 43.7 Å². The summed E-state index contributed by atoms with van der Waals surface area (Å²) in [4.78, 5) is 74.3. The smallest absolute Gasteiger partial charge is 0.420 e. The van der Waals surface area contributed by atoms with Crippen LogP contribution in [-0.4, -0.2) is 100 Å². The number of nitrogens with zero attached hydrogens (tertiary/aromatic N) is 4. The van der Waals surface area contributed by atoms with Crippen LogP contribution in [0.4, 0.5) is 18.0 Å². The standard InChI is InChI=1S/C46H47F3N6O9S2/c1-26-39(65-25-52-26)30-10-6-27(7-11-30)23-51-41(58)33-21-31(56)24-55(33)43(60)40(45(2,3)4)53-38(57)14-16-63-17-15-54-42(59)37(66-44(54)61)20-28-8-13-35(36(19-28)62-5)64-34-12-9-29(22-50)18-32(34)46(47,48)49/h6-13,18-20,25,31,33,40,56H,14-17,21,23-24H2,1-5H3,(H,51,58)(H,53,57). The van der Waals surface area contributed by atoms with Gasteiger partial charge in [0, 0.05) is 25.9 Å². The number of halogens is 3. The molecule has 3 N–H and O–H groups in total. The fourth-order valence-electron chi connectivity index (χ4n) is 7.17. The number of hydrogen-bond acceptors (Lipinski definition) is 13. The maximum Gasteiger partial charge on any atom is 0.420 e. The van der Waals surface area contributed by atoms with Crippen LogP contribution in [0.15, 0.2) is 71.1 Å². The van der Waals surface area contributed by atoms with Crippen LogP contribution in [0, 0.1) is 23.7 Å². The number of aliphatic hydroxyl groups is 1. The summed E-state index contributed by atoms with van der Waals surface area (Å²) in [7, 11) is 1.28. The Morgan fingerprint density at radius 3 is 2.41 bits per heavy atom. The van der Waals surface area contributed by atoms with Crippen LogP contribution in [0.25, 0.3) is 16.5 Å². The molecule has 3 heterocycles. The van der Waals surface area contributed by atoms with Gasteiger partial charge in [-0.25, -0.2) is 4.98 Å². The van der Waals surface area contributed by atoms with Gasteiger partial charge in [0.1, 0.15) is 17.8 Å². The molecule has 2 aliphatic rings. The molecule has 15 nitrogen and oxygen atoms in total. The Balaban J connectivity index is 0.982. The lowest BCUT2D eigenvalue weighted by Crippen LogP contribution is -2.57. The van der Waals surface area contributed by atoms with E-state index in [2.05, 4.69) is 15.6 Å². The van der Waals surface area contributed by atoms with Crippen molar-refractivity contribution in [2.45, 2.75) is 71.4 Å². The highest BCUT2D eigenvalue weighted by molar-refractivity contribution is 8.18. The Bertz CT molecular complexity index is 2550. The zero-order valence-electron chi connectivity index (χ0n) is 36.6. The molecular formula is C46H47F3N6O9S2. The van der Waals surface area contributed by atoms with Crippen molar-refractivity contribution in [2.75, 3.05) is 33.4 Å². The van der Waals surface area contributed by atoms with E-state index in [9.17, 15) is 42.3 Å². The van der Waals surface area contributed by atoms with Crippen LogP contribution in [0.2, 0.25) is 0 Å². The van der Waals surface area contributed by atoms with Crippen LogP contribution in [0.3, 0.4) is 0 Å². The summed E-state index contributed by atoms with van der Waals surface area (Å²) >= 11 is 2.22. The predicted octanol–water partition coefficient (Wildman–Crippen LogP) is 7.06. The first-order valence-electron chi connectivity index (χ1n) is 20.6. The molecule has 0 bridgehead atoms. The summed E-state index contributed by atoms with van der Waals surface area (Å²) in [5.74, 6) is -2.65. The van der Waals surface area contributed by atoms with Crippen LogP contribution >= 0.6 is 23.1 Å². The lowest BCUT2D eigenvalue weighted by atomic mass is 9.85. The van der Waals surface area contributed by atoms with Gasteiger partial charge < -0.3 is 34.9 Å². The Kier molecular flexibility index (Phi) is 15.6. The third-order valence-corrected chi connectivity index (χ3v) is 12.5. The summed E-state index contributed by atoms with van der Waals surface area (Å²) < 4.78 is 57.6. The minimum atomic E-state index is -4.80. The number of alkyl halides is 3. The van der Waals surface area contributed by atoms with Gasteiger partial charge in [0.05, 0.1) is 71.2 Å². The molecule has 0 saturated carbocycles. The number of aryl methyl sites for hydroxylation is 1. The molecule has 66 heavy (non-hydrogen) atoms. The van der Waals surface area contributed by atoms with Crippen LogP contribution in [0.5, 0.6) is 17.2 Å². The summed E-state index contributed by atoms with van der Waals surface area (Å²) in [5.41, 5.74) is 2.83. The number of likely N-dealkylation sites (tertiary alicyclic amines) is 1. The number of aliphatic hydroxyl groups excluding tert-OH is 1. The van der Waals surface area contributed by atoms with Gasteiger partial charge >= 0.3 is 6.18 Å². The molecule has 0 radical (unpaired) electrons. The molecule has 1 aromatic heterocycles. The zero-order valence-corrected chi connectivity index (χ0v) is 38.2. The van der Waals surface area contributed by atoms with Crippen molar-refractivity contribution in [3.8, 4) is 33.8 Å². The van der Waals surface area contributed by atoms with Crippen molar-refractivity contribution in [1.82, 2.24) is 25.4 Å². The third-order valence-electron chi connectivity index (χ3n) is 10.6. The number of nitriles is 1. The number of ether oxygens (including phenoxy) is 3. The van der Waals surface area contributed by atoms with E-state index in [1.807, 2.05) is 31.2 Å². The van der Waals surface area contributed by atoms with E-state index in [1.165, 1.54) is 42.4 Å². The quantitative estimate of drug-likeness (QED) is 0.0764. The SMILES string of the molecule is COc1cc(C=C2SC(=O)N(CCOCCC(=O)NC(C(=O)N3CC(O)CC3C(=O)NCc3ccc(-c4scnc4C)cc3)C(C)(C)C)C2=O)ccc1Oc1ccc(C#N)cc1C(F)(F)F. The number of amides is 5. The van der Waals surface area contributed by atoms with E-state index in [0.29, 0.717) is 23.4 Å². The zero-order chi connectivity index (χ0) is 47.9. The average molecular weight is 949 g/mol. The van der Waals surface area contributed by atoms with E-state index < -0.39 is 70.0 Å². The molecule has 2 fully saturated rings. The van der Waals surface area contributed by atoms with Crippen molar-refractivity contribution in [2.24, 2.45) is 5.41 Å². The maximum atomic E-state index is 14.0. The van der Waals surface area contributed by atoms with E-state index >= 15 is 0 Å². The average Bonchev–Trinajstić information content (AvgIpc) is 3.96. The molecule has 3 unspecified atom stereocenters. The number of thiazole rings is 1. The summed E-state index contributed by atoms with van der Waals surface area (Å²) in [6.07, 6.45) is -4.45. The van der Waals surface area contributed by atoms with Gasteiger partial charge in [0.15, 0.2) is 11.5 Å². The molecule has 2 aliphatic heterocycles. The monoisotopic (exact) mass is 948 g/mol. The Hall–Kier alpha value is -6.27. The number of imide groups is 1. The van der Waals surface area contributed by atoms with Gasteiger partial charge in [-0.15, -0.1) is 11.3 Å². The molecule has 20 heteroatoms. The first-order valence-corrected chi connectivity index (χ1v) is 22.3. The van der Waals surface area contributed by atoms with Gasteiger partial charge in [-0.05, 0) is 77.2 Å². The van der Waals surface area contributed by atoms with Crippen molar-refractivity contribution in [1.29, 1.82) is 5.26 Å². The van der Waals surface area contributed by atoms with Crippen molar-refractivity contribution in [3.05, 3.63) is 99.0 Å². The predicted molar refractivity (Wildman–Crippen MR) is 239 cm³/mol. The molecule has 4 aromatic rings. The van der Waals surface area contributed by atoms with Crippen molar-refractivity contribution in [3.63, 3.8) is 0 Å². The maximum absolute atomic E-state index is 14.0. The van der Waals surface area contributed by atoms with Gasteiger partial charge in [-0.3, -0.25) is 28.9 Å². The number of carbonyl (C=O) groups is 5. The molecule has 0 aliphatic carbocycles. The molecular weight excluding hydrogens is 902 g/mol. The van der Waals surface area contributed by atoms with Gasteiger partial charge in [0.2, 0.25) is 17.7 Å². The first-order chi connectivity index (χ1) is 31.3. The molecule has 348 valence electrons. The van der Waals surface area contributed by atoms with Gasteiger partial charge in [-0.2, -0.15) is 18.4 Å². The summed E-state index contributed by atoms with van der Waals surface area (Å²) in [6, 6.07) is 14.5. The first kappa shape index (κ1) is 49.2. The molecule has 5 amide bonds. The van der Waals surface area contributed by atoms with E-state index in [-0.39, 0.29) is 67.7 Å². The Morgan fingerprint density at radius 2 is 1.76 bits per heavy atom. The highest BCUT2D eigenvalue weighted by Gasteiger charge is 2.44. The molecule has 3 atom stereocenters. The highest BCUT2D eigenvalue weighted by Crippen LogP contribution is 2.42. The minimum absolute atomic E-state index is 0.0362. The minimum Gasteiger partial charge on any atom is -0.493 e. The van der Waals surface area contributed by atoms with Gasteiger partial charge in [0.25, 0.3) is 11.1 Å². The number of rotatable bonds is 16. The van der Waals surface area contributed by atoms with Crippen molar-refractivity contribution < 1.29 is 56.5 Å². The number of nitrogens with one attached hydrogen (secondary N) is 2. The number of β-amino-alcohol motifs (C(OH)–C–C–N with tert-alkyl or cyclic N) is 1. The Labute approximate surface area is 386 Å². The number of hydrogen-bond donors (Lipinski definition) is 3. The lowest BCUT2D eigenvalue weighted by Gasteiger charge is -2.35. The normalized spacial score (nSPS) is 17.5. The number of thioether (sulfide) groups is 1. The van der Waals surface area contributed by atoms with Crippen LogP contribution in [-0.2, 0) is 36.6 Å². The number of carbonyl (C=O) groups excluding carboxylic acids is 5. The number of benzene rings is 3. The van der Waals surface area contributed by atoms with Crippen LogP contribution in [0.1, 0.15) is 61.6 Å². The molecule has 2 saturated heterocycles. The largest absolute Gasteiger partial charge is 0.493 e. The second-order valence-electron chi connectivity index (χ2n) is 16.5. The molecule has 0 spiro atoms. The Morgan fingerprint density at radius 1 is 1.03 bits per heavy atom. The fraction of sp³-hybridized carbons (Fsp3) is 0.370. The molecule has 6 rings (SSSR count). The number of aromatic nitrogens is 1. The second kappa shape index (κ2) is 20.9. The summed E-state index contributed by atoms with van der Waals surface area (Å²) in [5, 5.41) is 24.7. The second-order valence-corrected chi connectivity index (χ2v) is 18.3. The lowest BCUT2D eigenvalue weighted by molar-refractivity contribution is -0.144. The summed E-state index contributed by atoms with van der Waals surface area (Å²) in [6.45, 7) is 7.02.